The van der Waals surface area contributed by atoms with Crippen molar-refractivity contribution in [1.82, 2.24) is 5.32 Å². The van der Waals surface area contributed by atoms with Gasteiger partial charge in [-0.1, -0.05) is 19.1 Å². The van der Waals surface area contributed by atoms with Gasteiger partial charge in [0.2, 0.25) is 5.91 Å². The van der Waals surface area contributed by atoms with Crippen molar-refractivity contribution < 1.29 is 4.79 Å². The summed E-state index contributed by atoms with van der Waals surface area (Å²) in [6, 6.07) is 8.81. The van der Waals surface area contributed by atoms with Crippen LogP contribution < -0.4 is 10.2 Å². The molecule has 1 heterocycles. The monoisotopic (exact) mass is 260 g/mol. The van der Waals surface area contributed by atoms with E-state index in [9.17, 15) is 4.79 Å². The molecule has 1 amide bonds. The highest BCUT2D eigenvalue weighted by Crippen LogP contribution is 2.22. The first-order valence-corrected chi connectivity index (χ1v) is 7.26. The Morgan fingerprint density at radius 1 is 1.21 bits per heavy atom. The van der Waals surface area contributed by atoms with Crippen molar-refractivity contribution in [3.63, 3.8) is 0 Å². The molecule has 0 radical (unpaired) electrons. The number of anilines is 1. The zero-order valence-electron chi connectivity index (χ0n) is 12.0. The van der Waals surface area contributed by atoms with E-state index in [0.717, 1.165) is 0 Å². The lowest BCUT2D eigenvalue weighted by molar-refractivity contribution is -0.119. The number of hydrogen-bond donors (Lipinski definition) is 1. The van der Waals surface area contributed by atoms with E-state index in [0.29, 0.717) is 12.5 Å². The molecule has 3 nitrogen and oxygen atoms in total. The van der Waals surface area contributed by atoms with Crippen LogP contribution in [0.3, 0.4) is 0 Å². The highest BCUT2D eigenvalue weighted by molar-refractivity contribution is 5.72. The van der Waals surface area contributed by atoms with Crippen molar-refractivity contribution in [3.8, 4) is 0 Å². The number of carbonyl (C=O) groups excluding carboxylic acids is 1. The molecule has 1 aliphatic heterocycles. The number of nitrogens with one attached hydrogen (secondary N) is 1. The predicted molar refractivity (Wildman–Crippen MR) is 79.6 cm³/mol. The van der Waals surface area contributed by atoms with E-state index in [1.54, 1.807) is 6.92 Å². The molecular weight excluding hydrogens is 236 g/mol. The van der Waals surface area contributed by atoms with E-state index in [1.807, 2.05) is 0 Å². The summed E-state index contributed by atoms with van der Waals surface area (Å²) in [4.78, 5) is 13.4. The predicted octanol–water partition coefficient (Wildman–Crippen LogP) is 2.92. The highest BCUT2D eigenvalue weighted by Gasteiger charge is 2.11. The van der Waals surface area contributed by atoms with Crippen molar-refractivity contribution in [2.75, 3.05) is 24.5 Å². The fourth-order valence-corrected chi connectivity index (χ4v) is 2.58. The van der Waals surface area contributed by atoms with Crippen molar-refractivity contribution in [2.24, 2.45) is 0 Å². The van der Waals surface area contributed by atoms with Crippen LogP contribution in [0.5, 0.6) is 0 Å². The molecule has 0 bridgehead atoms. The lowest BCUT2D eigenvalue weighted by Crippen LogP contribution is -2.29. The largest absolute Gasteiger partial charge is 0.372 e. The van der Waals surface area contributed by atoms with Gasteiger partial charge in [-0.05, 0) is 42.9 Å². The molecule has 1 N–H and O–H groups in total. The molecule has 3 heteroatoms. The van der Waals surface area contributed by atoms with Gasteiger partial charge in [-0.3, -0.25) is 4.79 Å². The fraction of sp³-hybridized carbons (Fsp3) is 0.562. The Hall–Kier alpha value is -1.51. The van der Waals surface area contributed by atoms with Gasteiger partial charge < -0.3 is 10.2 Å². The minimum atomic E-state index is 0.0387. The summed E-state index contributed by atoms with van der Waals surface area (Å²) in [5.74, 6) is 0.399. The Morgan fingerprint density at radius 2 is 1.84 bits per heavy atom. The second-order valence-corrected chi connectivity index (χ2v) is 5.48. The standard InChI is InChI=1S/C16H24N2O/c1-13(12-17-14(2)19)15-6-8-16(9-7-15)18-10-4-3-5-11-18/h6-9,13H,3-5,10-12H2,1-2H3,(H,17,19)/t13-/m0/s1. The van der Waals surface area contributed by atoms with E-state index in [1.165, 1.54) is 43.6 Å². The molecule has 1 aliphatic rings. The second kappa shape index (κ2) is 6.60. The summed E-state index contributed by atoms with van der Waals surface area (Å²) in [5, 5.41) is 2.87. The molecule has 1 aromatic carbocycles. The smallest absolute Gasteiger partial charge is 0.216 e. The van der Waals surface area contributed by atoms with Gasteiger partial charge in [0.1, 0.15) is 0 Å². The number of hydrogen-bond acceptors (Lipinski definition) is 2. The molecule has 2 rings (SSSR count). The molecule has 1 fully saturated rings. The van der Waals surface area contributed by atoms with Gasteiger partial charge in [0.15, 0.2) is 0 Å². The summed E-state index contributed by atoms with van der Waals surface area (Å²) in [6.45, 7) is 6.78. The Balaban J connectivity index is 1.95. The lowest BCUT2D eigenvalue weighted by Gasteiger charge is -2.29. The van der Waals surface area contributed by atoms with Crippen LogP contribution in [0.2, 0.25) is 0 Å². The van der Waals surface area contributed by atoms with Crippen LogP contribution in [0.25, 0.3) is 0 Å². The summed E-state index contributed by atoms with van der Waals surface area (Å²) in [7, 11) is 0. The third-order valence-corrected chi connectivity index (χ3v) is 3.84. The average molecular weight is 260 g/mol. The van der Waals surface area contributed by atoms with Crippen LogP contribution in [0.4, 0.5) is 5.69 Å². The molecule has 1 atom stereocenters. The first kappa shape index (κ1) is 13.9. The van der Waals surface area contributed by atoms with Gasteiger partial charge in [0, 0.05) is 32.2 Å². The van der Waals surface area contributed by atoms with Gasteiger partial charge in [0.25, 0.3) is 0 Å². The van der Waals surface area contributed by atoms with Gasteiger partial charge in [-0.2, -0.15) is 0 Å². The van der Waals surface area contributed by atoms with Crippen LogP contribution in [0, 0.1) is 0 Å². The summed E-state index contributed by atoms with van der Waals surface area (Å²) >= 11 is 0. The topological polar surface area (TPSA) is 32.3 Å². The van der Waals surface area contributed by atoms with Crippen LogP contribution in [0.1, 0.15) is 44.6 Å². The van der Waals surface area contributed by atoms with Gasteiger partial charge in [-0.25, -0.2) is 0 Å². The Kier molecular flexibility index (Phi) is 4.83. The first-order valence-electron chi connectivity index (χ1n) is 7.26. The molecule has 0 aromatic heterocycles. The average Bonchev–Trinajstić information content (AvgIpc) is 2.46. The molecule has 0 unspecified atom stereocenters. The number of rotatable bonds is 4. The van der Waals surface area contributed by atoms with Gasteiger partial charge in [0.05, 0.1) is 0 Å². The molecule has 0 saturated carbocycles. The summed E-state index contributed by atoms with van der Waals surface area (Å²) in [6.07, 6.45) is 3.98. The van der Waals surface area contributed by atoms with Gasteiger partial charge in [-0.15, -0.1) is 0 Å². The van der Waals surface area contributed by atoms with Crippen LogP contribution in [-0.2, 0) is 4.79 Å². The molecule has 0 spiro atoms. The SMILES string of the molecule is CC(=O)NC[C@H](C)c1ccc(N2CCCCC2)cc1. The van der Waals surface area contributed by atoms with Crippen molar-refractivity contribution in [1.29, 1.82) is 0 Å². The number of benzene rings is 1. The normalized spacial score (nSPS) is 17.1. The van der Waals surface area contributed by atoms with E-state index in [-0.39, 0.29) is 5.91 Å². The molecule has 1 aromatic rings. The van der Waals surface area contributed by atoms with Crippen LogP contribution >= 0.6 is 0 Å². The zero-order valence-corrected chi connectivity index (χ0v) is 12.0. The summed E-state index contributed by atoms with van der Waals surface area (Å²) in [5.41, 5.74) is 2.62. The maximum Gasteiger partial charge on any atom is 0.216 e. The third-order valence-electron chi connectivity index (χ3n) is 3.84. The Labute approximate surface area is 116 Å². The molecular formula is C16H24N2O. The van der Waals surface area contributed by atoms with E-state index in [4.69, 9.17) is 0 Å². The number of nitrogens with zero attached hydrogens (tertiary/aromatic N) is 1. The third kappa shape index (κ3) is 3.98. The van der Waals surface area contributed by atoms with Crippen molar-refractivity contribution in [3.05, 3.63) is 29.8 Å². The zero-order chi connectivity index (χ0) is 13.7. The number of amides is 1. The minimum absolute atomic E-state index is 0.0387. The minimum Gasteiger partial charge on any atom is -0.372 e. The van der Waals surface area contributed by atoms with E-state index >= 15 is 0 Å². The second-order valence-electron chi connectivity index (χ2n) is 5.48. The molecule has 19 heavy (non-hydrogen) atoms. The quantitative estimate of drug-likeness (QED) is 0.902. The van der Waals surface area contributed by atoms with Crippen LogP contribution in [-0.4, -0.2) is 25.5 Å². The Morgan fingerprint density at radius 3 is 2.42 bits per heavy atom. The van der Waals surface area contributed by atoms with E-state index in [2.05, 4.69) is 41.4 Å². The first-order chi connectivity index (χ1) is 9.16. The fourth-order valence-electron chi connectivity index (χ4n) is 2.58. The molecule has 0 aliphatic carbocycles. The highest BCUT2D eigenvalue weighted by atomic mass is 16.1. The van der Waals surface area contributed by atoms with Gasteiger partial charge >= 0.3 is 0 Å². The maximum absolute atomic E-state index is 10.9. The number of carbonyl (C=O) groups is 1. The lowest BCUT2D eigenvalue weighted by atomic mass is 10.0. The maximum atomic E-state index is 10.9. The summed E-state index contributed by atoms with van der Waals surface area (Å²) < 4.78 is 0. The van der Waals surface area contributed by atoms with Crippen LogP contribution in [0.15, 0.2) is 24.3 Å². The number of piperidine rings is 1. The molecule has 104 valence electrons. The van der Waals surface area contributed by atoms with Crippen molar-refractivity contribution in [2.45, 2.75) is 39.0 Å². The van der Waals surface area contributed by atoms with E-state index < -0.39 is 0 Å². The molecule has 1 saturated heterocycles. The van der Waals surface area contributed by atoms with Crippen molar-refractivity contribution >= 4 is 11.6 Å². The Bertz CT molecular complexity index is 407.